The average Bonchev–Trinajstić information content (AvgIpc) is 2.90. The van der Waals surface area contributed by atoms with E-state index < -0.39 is 0 Å². The van der Waals surface area contributed by atoms with Gasteiger partial charge in [-0.05, 0) is 73.3 Å². The van der Waals surface area contributed by atoms with Crippen molar-refractivity contribution in [2.75, 3.05) is 7.11 Å². The van der Waals surface area contributed by atoms with E-state index in [0.717, 1.165) is 30.4 Å². The number of hydrogen-bond acceptors (Lipinski definition) is 3. The first kappa shape index (κ1) is 18.1. The van der Waals surface area contributed by atoms with E-state index in [9.17, 15) is 4.79 Å². The van der Waals surface area contributed by atoms with Gasteiger partial charge in [0.2, 0.25) is 0 Å². The SMILES string of the molecule is CCC(=O)OC1C[C@H](C)C2C3CC=C4C=C(OC)CCC4C3CC[C@]12C. The van der Waals surface area contributed by atoms with Crippen LogP contribution in [0.15, 0.2) is 23.5 Å². The van der Waals surface area contributed by atoms with Gasteiger partial charge in [-0.2, -0.15) is 0 Å². The van der Waals surface area contributed by atoms with Gasteiger partial charge in [0.25, 0.3) is 0 Å². The topological polar surface area (TPSA) is 35.5 Å². The third-order valence-electron chi connectivity index (χ3n) is 8.15. The second-order valence-electron chi connectivity index (χ2n) is 9.34. The van der Waals surface area contributed by atoms with Crippen LogP contribution in [0, 0.1) is 35.0 Å². The third kappa shape index (κ3) is 2.73. The molecule has 4 rings (SSSR count). The van der Waals surface area contributed by atoms with Crippen LogP contribution >= 0.6 is 0 Å². The molecule has 0 N–H and O–H groups in total. The summed E-state index contributed by atoms with van der Waals surface area (Å²) in [6, 6.07) is 0. The molecule has 0 radical (unpaired) electrons. The summed E-state index contributed by atoms with van der Waals surface area (Å²) in [5.74, 6) is 4.70. The molecule has 5 unspecified atom stereocenters. The first-order valence-electron chi connectivity index (χ1n) is 10.6. The molecule has 4 aliphatic carbocycles. The lowest BCUT2D eigenvalue weighted by atomic mass is 9.52. The van der Waals surface area contributed by atoms with Crippen LogP contribution in [0.1, 0.15) is 65.7 Å². The van der Waals surface area contributed by atoms with Crippen LogP contribution in [0.4, 0.5) is 0 Å². The molecule has 4 aliphatic rings. The van der Waals surface area contributed by atoms with E-state index in [-0.39, 0.29) is 17.5 Å². The highest BCUT2D eigenvalue weighted by atomic mass is 16.5. The van der Waals surface area contributed by atoms with Gasteiger partial charge >= 0.3 is 5.97 Å². The molecule has 0 aromatic heterocycles. The fourth-order valence-corrected chi connectivity index (χ4v) is 6.99. The summed E-state index contributed by atoms with van der Waals surface area (Å²) in [6.45, 7) is 6.71. The normalized spacial score (nSPS) is 44.2. The van der Waals surface area contributed by atoms with Crippen molar-refractivity contribution in [1.29, 1.82) is 0 Å². The van der Waals surface area contributed by atoms with Gasteiger partial charge in [0, 0.05) is 18.3 Å². The Hall–Kier alpha value is -1.25. The van der Waals surface area contributed by atoms with Gasteiger partial charge in [0.05, 0.1) is 12.9 Å². The molecule has 3 heteroatoms. The lowest BCUT2D eigenvalue weighted by Crippen LogP contribution is -2.48. The largest absolute Gasteiger partial charge is 0.501 e. The van der Waals surface area contributed by atoms with Crippen molar-refractivity contribution < 1.29 is 14.3 Å². The van der Waals surface area contributed by atoms with E-state index in [1.165, 1.54) is 31.3 Å². The van der Waals surface area contributed by atoms with Crippen LogP contribution in [0.2, 0.25) is 0 Å². The Kier molecular flexibility index (Phi) is 4.69. The summed E-state index contributed by atoms with van der Waals surface area (Å²) in [7, 11) is 1.79. The molecular formula is C23H34O3. The van der Waals surface area contributed by atoms with Crippen molar-refractivity contribution in [3.8, 4) is 0 Å². The van der Waals surface area contributed by atoms with Gasteiger partial charge in [-0.15, -0.1) is 0 Å². The van der Waals surface area contributed by atoms with Crippen molar-refractivity contribution in [2.24, 2.45) is 35.0 Å². The Balaban J connectivity index is 1.60. The molecule has 0 aromatic rings. The van der Waals surface area contributed by atoms with Crippen LogP contribution in [0.3, 0.4) is 0 Å². The van der Waals surface area contributed by atoms with Gasteiger partial charge in [-0.1, -0.05) is 26.8 Å². The summed E-state index contributed by atoms with van der Waals surface area (Å²) >= 11 is 0. The quantitative estimate of drug-likeness (QED) is 0.645. The number of ether oxygens (including phenoxy) is 2. The monoisotopic (exact) mass is 358 g/mol. The molecule has 0 aliphatic heterocycles. The molecule has 0 amide bonds. The predicted molar refractivity (Wildman–Crippen MR) is 102 cm³/mol. The van der Waals surface area contributed by atoms with Crippen LogP contribution in [-0.4, -0.2) is 19.2 Å². The Morgan fingerprint density at radius 1 is 1.31 bits per heavy atom. The first-order valence-corrected chi connectivity index (χ1v) is 10.6. The van der Waals surface area contributed by atoms with Crippen LogP contribution in [0.5, 0.6) is 0 Å². The third-order valence-corrected chi connectivity index (χ3v) is 8.15. The first-order chi connectivity index (χ1) is 12.5. The highest BCUT2D eigenvalue weighted by Gasteiger charge is 2.59. The molecule has 0 heterocycles. The molecular weight excluding hydrogens is 324 g/mol. The van der Waals surface area contributed by atoms with Gasteiger partial charge in [-0.25, -0.2) is 0 Å². The molecule has 144 valence electrons. The summed E-state index contributed by atoms with van der Waals surface area (Å²) in [5, 5.41) is 0. The Labute approximate surface area is 158 Å². The standard InChI is InChI=1S/C23H34O3/c1-5-21(24)26-20-12-14(2)22-19-8-6-15-13-16(25-4)7-9-17(15)18(19)10-11-23(20,22)3/h6,13-14,17-20,22H,5,7-12H2,1-4H3/t14-,17?,18?,19?,20?,22?,23+/m0/s1. The molecule has 0 bridgehead atoms. The zero-order valence-corrected chi connectivity index (χ0v) is 16.8. The summed E-state index contributed by atoms with van der Waals surface area (Å²) in [6.07, 6.45) is 12.4. The lowest BCUT2D eigenvalue weighted by molar-refractivity contribution is -0.158. The number of esters is 1. The molecule has 0 aromatic carbocycles. The molecule has 0 saturated heterocycles. The van der Waals surface area contributed by atoms with E-state index in [4.69, 9.17) is 9.47 Å². The minimum Gasteiger partial charge on any atom is -0.501 e. The van der Waals surface area contributed by atoms with Crippen molar-refractivity contribution in [2.45, 2.75) is 71.8 Å². The van der Waals surface area contributed by atoms with Gasteiger partial charge < -0.3 is 9.47 Å². The minimum atomic E-state index is -0.0264. The second-order valence-corrected chi connectivity index (χ2v) is 9.34. The highest BCUT2D eigenvalue weighted by molar-refractivity contribution is 5.69. The molecule has 7 atom stereocenters. The van der Waals surface area contributed by atoms with E-state index >= 15 is 0 Å². The van der Waals surface area contributed by atoms with E-state index in [1.54, 1.807) is 7.11 Å². The van der Waals surface area contributed by atoms with Crippen molar-refractivity contribution >= 4 is 5.97 Å². The number of hydrogen-bond donors (Lipinski definition) is 0. The van der Waals surface area contributed by atoms with E-state index in [2.05, 4.69) is 26.0 Å². The van der Waals surface area contributed by atoms with Crippen LogP contribution in [0.25, 0.3) is 0 Å². The number of rotatable bonds is 3. The van der Waals surface area contributed by atoms with Crippen molar-refractivity contribution in [3.63, 3.8) is 0 Å². The molecule has 2 saturated carbocycles. The Morgan fingerprint density at radius 3 is 2.85 bits per heavy atom. The van der Waals surface area contributed by atoms with Crippen molar-refractivity contribution in [1.82, 2.24) is 0 Å². The van der Waals surface area contributed by atoms with E-state index in [1.807, 2.05) is 6.92 Å². The molecule has 3 nitrogen and oxygen atoms in total. The number of methoxy groups -OCH3 is 1. The Morgan fingerprint density at radius 2 is 2.12 bits per heavy atom. The smallest absolute Gasteiger partial charge is 0.305 e. The Bertz CT molecular complexity index is 633. The number of fused-ring (bicyclic) bond motifs is 5. The molecule has 2 fully saturated rings. The summed E-state index contributed by atoms with van der Waals surface area (Å²) in [5.41, 5.74) is 1.69. The maximum Gasteiger partial charge on any atom is 0.305 e. The fourth-order valence-electron chi connectivity index (χ4n) is 6.99. The molecule has 0 spiro atoms. The lowest BCUT2D eigenvalue weighted by Gasteiger charge is -2.53. The summed E-state index contributed by atoms with van der Waals surface area (Å²) in [4.78, 5) is 12.0. The zero-order chi connectivity index (χ0) is 18.5. The van der Waals surface area contributed by atoms with E-state index in [0.29, 0.717) is 24.2 Å². The van der Waals surface area contributed by atoms with Gasteiger partial charge in [0.1, 0.15) is 6.10 Å². The number of allylic oxidation sites excluding steroid dienone is 4. The maximum atomic E-state index is 12.0. The number of carbonyl (C=O) groups is 1. The fraction of sp³-hybridized carbons (Fsp3) is 0.783. The van der Waals surface area contributed by atoms with Crippen molar-refractivity contribution in [3.05, 3.63) is 23.5 Å². The molecule has 26 heavy (non-hydrogen) atoms. The van der Waals surface area contributed by atoms with Gasteiger partial charge in [0.15, 0.2) is 0 Å². The minimum absolute atomic E-state index is 0.0264. The zero-order valence-electron chi connectivity index (χ0n) is 16.8. The summed E-state index contributed by atoms with van der Waals surface area (Å²) < 4.78 is 11.5. The maximum absolute atomic E-state index is 12.0. The average molecular weight is 359 g/mol. The van der Waals surface area contributed by atoms with Crippen LogP contribution in [-0.2, 0) is 14.3 Å². The number of carbonyl (C=O) groups excluding carboxylic acids is 1. The second kappa shape index (κ2) is 6.73. The van der Waals surface area contributed by atoms with Gasteiger partial charge in [-0.3, -0.25) is 4.79 Å². The van der Waals surface area contributed by atoms with Crippen LogP contribution < -0.4 is 0 Å². The highest BCUT2D eigenvalue weighted by Crippen LogP contribution is 2.63. The predicted octanol–water partition coefficient (Wildman–Crippen LogP) is 5.27.